The van der Waals surface area contributed by atoms with Crippen LogP contribution in [0.3, 0.4) is 0 Å². The predicted octanol–water partition coefficient (Wildman–Crippen LogP) is 2.24. The third kappa shape index (κ3) is 5.60. The first-order chi connectivity index (χ1) is 11.2. The van der Waals surface area contributed by atoms with E-state index in [-0.39, 0.29) is 12.1 Å². The topological polar surface area (TPSA) is 70.6 Å². The van der Waals surface area contributed by atoms with Gasteiger partial charge < -0.3 is 20.5 Å². The van der Waals surface area contributed by atoms with Gasteiger partial charge in [-0.1, -0.05) is 36.4 Å². The number of urea groups is 1. The van der Waals surface area contributed by atoms with E-state index in [0.717, 1.165) is 5.75 Å². The largest absolute Gasteiger partial charge is 0.492 e. The third-order valence-corrected chi connectivity index (χ3v) is 3.12. The smallest absolute Gasteiger partial charge is 0.315 e. The molecule has 23 heavy (non-hydrogen) atoms. The van der Waals surface area contributed by atoms with Crippen molar-refractivity contribution >= 4 is 6.03 Å². The minimum atomic E-state index is -1.09. The SMILES string of the molecule is O=C(NCCOc1ccccc1)NCC(O)c1ccccc1F. The van der Waals surface area contributed by atoms with Gasteiger partial charge in [-0.15, -0.1) is 0 Å². The van der Waals surface area contributed by atoms with Gasteiger partial charge in [0, 0.05) is 12.1 Å². The molecule has 1 unspecified atom stereocenters. The van der Waals surface area contributed by atoms with Crippen LogP contribution in [0.2, 0.25) is 0 Å². The molecule has 0 aliphatic rings. The van der Waals surface area contributed by atoms with Crippen molar-refractivity contribution in [2.45, 2.75) is 6.10 Å². The lowest BCUT2D eigenvalue weighted by Gasteiger charge is -2.13. The number of ether oxygens (including phenoxy) is 1. The normalized spacial score (nSPS) is 11.6. The van der Waals surface area contributed by atoms with E-state index in [4.69, 9.17) is 4.74 Å². The summed E-state index contributed by atoms with van der Waals surface area (Å²) >= 11 is 0. The van der Waals surface area contributed by atoms with Crippen LogP contribution in [-0.2, 0) is 0 Å². The molecule has 6 heteroatoms. The van der Waals surface area contributed by atoms with Crippen molar-refractivity contribution in [3.63, 3.8) is 0 Å². The number of nitrogens with one attached hydrogen (secondary N) is 2. The lowest BCUT2D eigenvalue weighted by Crippen LogP contribution is -2.39. The standard InChI is InChI=1S/C17H19FN2O3/c18-15-9-5-4-8-14(15)16(21)12-20-17(22)19-10-11-23-13-6-2-1-3-7-13/h1-9,16,21H,10-12H2,(H2,19,20,22). The van der Waals surface area contributed by atoms with Crippen LogP contribution in [0.4, 0.5) is 9.18 Å². The van der Waals surface area contributed by atoms with Crippen LogP contribution in [0.15, 0.2) is 54.6 Å². The molecule has 2 aromatic rings. The number of aliphatic hydroxyl groups excluding tert-OH is 1. The molecule has 3 N–H and O–H groups in total. The molecule has 0 aliphatic heterocycles. The minimum absolute atomic E-state index is 0.0771. The highest BCUT2D eigenvalue weighted by Crippen LogP contribution is 2.15. The third-order valence-electron chi connectivity index (χ3n) is 3.12. The van der Waals surface area contributed by atoms with Gasteiger partial charge in [0.2, 0.25) is 0 Å². The van der Waals surface area contributed by atoms with Gasteiger partial charge in [-0.05, 0) is 18.2 Å². The average Bonchev–Trinajstić information content (AvgIpc) is 2.58. The first-order valence-electron chi connectivity index (χ1n) is 7.29. The second-order valence-corrected chi connectivity index (χ2v) is 4.84. The lowest BCUT2D eigenvalue weighted by atomic mass is 10.1. The van der Waals surface area contributed by atoms with Crippen molar-refractivity contribution in [3.8, 4) is 5.75 Å². The Morgan fingerprint density at radius 2 is 1.78 bits per heavy atom. The van der Waals surface area contributed by atoms with Crippen molar-refractivity contribution < 1.29 is 19.0 Å². The Balaban J connectivity index is 1.64. The molecular formula is C17H19FN2O3. The molecule has 0 aromatic heterocycles. The van der Waals surface area contributed by atoms with Gasteiger partial charge in [0.15, 0.2) is 0 Å². The fourth-order valence-electron chi connectivity index (χ4n) is 1.96. The number of carbonyl (C=O) groups excluding carboxylic acids is 1. The zero-order chi connectivity index (χ0) is 16.5. The van der Waals surface area contributed by atoms with Gasteiger partial charge in [0.1, 0.15) is 18.2 Å². The summed E-state index contributed by atoms with van der Waals surface area (Å²) in [5, 5.41) is 14.9. The molecule has 5 nitrogen and oxygen atoms in total. The molecule has 0 aliphatic carbocycles. The second kappa shape index (κ2) is 8.75. The highest BCUT2D eigenvalue weighted by atomic mass is 19.1. The summed E-state index contributed by atoms with van der Waals surface area (Å²) in [5.41, 5.74) is 0.153. The molecule has 2 amide bonds. The number of hydrogen-bond donors (Lipinski definition) is 3. The predicted molar refractivity (Wildman–Crippen MR) is 84.7 cm³/mol. The van der Waals surface area contributed by atoms with Crippen molar-refractivity contribution in [2.75, 3.05) is 19.7 Å². The first kappa shape index (κ1) is 16.8. The number of aliphatic hydroxyl groups is 1. The van der Waals surface area contributed by atoms with Crippen LogP contribution in [0.1, 0.15) is 11.7 Å². The fraction of sp³-hybridized carbons (Fsp3) is 0.235. The summed E-state index contributed by atoms with van der Waals surface area (Å²) in [4.78, 5) is 11.6. The number of amides is 2. The fourth-order valence-corrected chi connectivity index (χ4v) is 1.96. The number of benzene rings is 2. The van der Waals surface area contributed by atoms with E-state index >= 15 is 0 Å². The second-order valence-electron chi connectivity index (χ2n) is 4.84. The summed E-state index contributed by atoms with van der Waals surface area (Å²) < 4.78 is 18.9. The summed E-state index contributed by atoms with van der Waals surface area (Å²) in [6.45, 7) is 0.566. The van der Waals surface area contributed by atoms with E-state index in [9.17, 15) is 14.3 Å². The molecule has 122 valence electrons. The molecule has 0 saturated carbocycles. The van der Waals surface area contributed by atoms with Crippen LogP contribution >= 0.6 is 0 Å². The van der Waals surface area contributed by atoms with Gasteiger partial charge >= 0.3 is 6.03 Å². The summed E-state index contributed by atoms with van der Waals surface area (Å²) in [6, 6.07) is 14.7. The van der Waals surface area contributed by atoms with Crippen molar-refractivity contribution in [1.29, 1.82) is 0 Å². The zero-order valence-electron chi connectivity index (χ0n) is 12.5. The number of halogens is 1. The van der Waals surface area contributed by atoms with Crippen molar-refractivity contribution in [3.05, 3.63) is 66.0 Å². The van der Waals surface area contributed by atoms with Crippen LogP contribution < -0.4 is 15.4 Å². The maximum atomic E-state index is 13.5. The van der Waals surface area contributed by atoms with Gasteiger partial charge in [-0.2, -0.15) is 0 Å². The van der Waals surface area contributed by atoms with Crippen LogP contribution in [-0.4, -0.2) is 30.8 Å². The Bertz CT molecular complexity index is 622. The van der Waals surface area contributed by atoms with Gasteiger partial charge in [0.05, 0.1) is 12.6 Å². The molecule has 0 radical (unpaired) electrons. The lowest BCUT2D eigenvalue weighted by molar-refractivity contribution is 0.168. The van der Waals surface area contributed by atoms with E-state index in [0.29, 0.717) is 13.2 Å². The van der Waals surface area contributed by atoms with E-state index in [1.807, 2.05) is 30.3 Å². The highest BCUT2D eigenvalue weighted by molar-refractivity contribution is 5.73. The molecule has 0 saturated heterocycles. The van der Waals surface area contributed by atoms with Crippen LogP contribution in [0, 0.1) is 5.82 Å². The van der Waals surface area contributed by atoms with E-state index in [1.165, 1.54) is 12.1 Å². The minimum Gasteiger partial charge on any atom is -0.492 e. The molecule has 1 atom stereocenters. The monoisotopic (exact) mass is 318 g/mol. The van der Waals surface area contributed by atoms with Crippen molar-refractivity contribution in [2.24, 2.45) is 0 Å². The van der Waals surface area contributed by atoms with Crippen molar-refractivity contribution in [1.82, 2.24) is 10.6 Å². The van der Waals surface area contributed by atoms with Gasteiger partial charge in [-0.3, -0.25) is 0 Å². The number of hydrogen-bond acceptors (Lipinski definition) is 3. The van der Waals surface area contributed by atoms with Crippen LogP contribution in [0.25, 0.3) is 0 Å². The Kier molecular flexibility index (Phi) is 6.38. The highest BCUT2D eigenvalue weighted by Gasteiger charge is 2.12. The Morgan fingerprint density at radius 3 is 2.52 bits per heavy atom. The maximum absolute atomic E-state index is 13.5. The number of para-hydroxylation sites is 1. The zero-order valence-corrected chi connectivity index (χ0v) is 12.5. The molecular weight excluding hydrogens is 299 g/mol. The molecule has 0 bridgehead atoms. The van der Waals surface area contributed by atoms with E-state index < -0.39 is 18.0 Å². The molecule has 0 fully saturated rings. The van der Waals surface area contributed by atoms with Gasteiger partial charge in [0.25, 0.3) is 0 Å². The Labute approximate surface area is 134 Å². The summed E-state index contributed by atoms with van der Waals surface area (Å²) in [7, 11) is 0. The molecule has 2 aromatic carbocycles. The average molecular weight is 318 g/mol. The summed E-state index contributed by atoms with van der Waals surface area (Å²) in [6.07, 6.45) is -1.09. The van der Waals surface area contributed by atoms with Gasteiger partial charge in [-0.25, -0.2) is 9.18 Å². The maximum Gasteiger partial charge on any atom is 0.315 e. The Morgan fingerprint density at radius 1 is 1.09 bits per heavy atom. The molecule has 0 heterocycles. The quantitative estimate of drug-likeness (QED) is 0.686. The Hall–Kier alpha value is -2.60. The number of rotatable bonds is 7. The van der Waals surface area contributed by atoms with E-state index in [2.05, 4.69) is 10.6 Å². The number of carbonyl (C=O) groups is 1. The van der Waals surface area contributed by atoms with E-state index in [1.54, 1.807) is 12.1 Å². The molecule has 0 spiro atoms. The molecule has 2 rings (SSSR count). The van der Waals surface area contributed by atoms with Crippen LogP contribution in [0.5, 0.6) is 5.75 Å². The first-order valence-corrected chi connectivity index (χ1v) is 7.29. The summed E-state index contributed by atoms with van der Waals surface area (Å²) in [5.74, 6) is 0.225.